The minimum absolute atomic E-state index is 0.0315. The van der Waals surface area contributed by atoms with E-state index in [-0.39, 0.29) is 13.1 Å². The SMILES string of the molecule is CC(C)(C)OC(=O)NCCNS(=O)(=O)OC(N)=O. The van der Waals surface area contributed by atoms with Crippen LogP contribution in [0.25, 0.3) is 0 Å². The summed E-state index contributed by atoms with van der Waals surface area (Å²) in [5.41, 5.74) is 3.89. The summed E-state index contributed by atoms with van der Waals surface area (Å²) >= 11 is 0. The monoisotopic (exact) mass is 283 g/mol. The van der Waals surface area contributed by atoms with Gasteiger partial charge in [0, 0.05) is 13.1 Å². The molecule has 0 saturated heterocycles. The summed E-state index contributed by atoms with van der Waals surface area (Å²) in [6, 6.07) is 0. The van der Waals surface area contributed by atoms with E-state index in [2.05, 4.69) is 15.2 Å². The first-order valence-corrected chi connectivity index (χ1v) is 6.38. The number of carbonyl (C=O) groups excluding carboxylic acids is 2. The molecule has 0 aromatic carbocycles. The van der Waals surface area contributed by atoms with Gasteiger partial charge < -0.3 is 20.0 Å². The molecular formula is C8H17N3O6S. The molecule has 0 aromatic rings. The minimum atomic E-state index is -4.23. The first-order chi connectivity index (χ1) is 8.02. The van der Waals surface area contributed by atoms with E-state index >= 15 is 0 Å². The summed E-state index contributed by atoms with van der Waals surface area (Å²) in [7, 11) is -4.23. The van der Waals surface area contributed by atoms with E-state index < -0.39 is 28.1 Å². The van der Waals surface area contributed by atoms with Crippen molar-refractivity contribution in [2.45, 2.75) is 26.4 Å². The normalized spacial score (nSPS) is 11.7. The highest BCUT2D eigenvalue weighted by molar-refractivity contribution is 7.85. The van der Waals surface area contributed by atoms with Crippen molar-refractivity contribution in [2.75, 3.05) is 13.1 Å². The van der Waals surface area contributed by atoms with Crippen LogP contribution in [0.3, 0.4) is 0 Å². The molecule has 0 spiro atoms. The highest BCUT2D eigenvalue weighted by Gasteiger charge is 2.16. The molecule has 0 rings (SSSR count). The quantitative estimate of drug-likeness (QED) is 0.578. The topological polar surface area (TPSA) is 137 Å². The first-order valence-electron chi connectivity index (χ1n) is 4.97. The van der Waals surface area contributed by atoms with E-state index in [9.17, 15) is 18.0 Å². The van der Waals surface area contributed by atoms with Crippen LogP contribution in [-0.4, -0.2) is 39.3 Å². The zero-order valence-electron chi connectivity index (χ0n) is 10.3. The molecule has 0 unspecified atom stereocenters. The number of carbonyl (C=O) groups is 2. The lowest BCUT2D eigenvalue weighted by atomic mass is 10.2. The van der Waals surface area contributed by atoms with Crippen LogP contribution in [0.2, 0.25) is 0 Å². The van der Waals surface area contributed by atoms with Gasteiger partial charge in [-0.05, 0) is 20.8 Å². The Bertz CT molecular complexity index is 400. The fourth-order valence-corrected chi connectivity index (χ4v) is 1.42. The van der Waals surface area contributed by atoms with Gasteiger partial charge in [0.25, 0.3) is 0 Å². The highest BCUT2D eigenvalue weighted by Crippen LogP contribution is 2.05. The third-order valence-electron chi connectivity index (χ3n) is 1.26. The fourth-order valence-electron chi connectivity index (χ4n) is 0.792. The van der Waals surface area contributed by atoms with E-state index in [4.69, 9.17) is 4.74 Å². The summed E-state index contributed by atoms with van der Waals surface area (Å²) in [4.78, 5) is 21.3. The number of nitrogens with two attached hydrogens (primary N) is 1. The Morgan fingerprint density at radius 1 is 1.22 bits per heavy atom. The number of rotatable bonds is 5. The lowest BCUT2D eigenvalue weighted by Crippen LogP contribution is -2.39. The molecule has 0 bridgehead atoms. The third kappa shape index (κ3) is 9.66. The molecule has 0 radical (unpaired) electrons. The standard InChI is InChI=1S/C8H17N3O6S/c1-8(2,3)16-7(13)10-4-5-11-18(14,15)17-6(9)12/h11H,4-5H2,1-3H3,(H2,9,12)(H,10,13). The second-order valence-corrected chi connectivity index (χ2v) is 5.54. The molecule has 0 atom stereocenters. The zero-order chi connectivity index (χ0) is 14.4. The molecule has 0 aliphatic rings. The second kappa shape index (κ2) is 6.40. The Morgan fingerprint density at radius 2 is 1.78 bits per heavy atom. The average Bonchev–Trinajstić information content (AvgIpc) is 2.07. The summed E-state index contributed by atoms with van der Waals surface area (Å²) in [6.07, 6.45) is -2.12. The van der Waals surface area contributed by atoms with Crippen molar-refractivity contribution in [2.24, 2.45) is 5.73 Å². The Hall–Kier alpha value is -1.55. The van der Waals surface area contributed by atoms with Gasteiger partial charge in [-0.15, -0.1) is 0 Å². The Labute approximate surface area is 105 Å². The van der Waals surface area contributed by atoms with Crippen LogP contribution in [0.15, 0.2) is 0 Å². The number of nitrogens with one attached hydrogen (secondary N) is 2. The van der Waals surface area contributed by atoms with Gasteiger partial charge in [-0.1, -0.05) is 0 Å². The molecule has 0 aliphatic heterocycles. The maximum Gasteiger partial charge on any atom is 0.421 e. The summed E-state index contributed by atoms with van der Waals surface area (Å²) in [6.45, 7) is 4.87. The van der Waals surface area contributed by atoms with Crippen molar-refractivity contribution in [3.63, 3.8) is 0 Å². The molecule has 9 nitrogen and oxygen atoms in total. The predicted molar refractivity (Wildman–Crippen MR) is 61.8 cm³/mol. The smallest absolute Gasteiger partial charge is 0.421 e. The maximum atomic E-state index is 11.1. The number of hydrogen-bond acceptors (Lipinski definition) is 6. The van der Waals surface area contributed by atoms with Crippen molar-refractivity contribution in [1.82, 2.24) is 10.0 Å². The van der Waals surface area contributed by atoms with Gasteiger partial charge in [-0.2, -0.15) is 13.1 Å². The lowest BCUT2D eigenvalue weighted by Gasteiger charge is -2.19. The first kappa shape index (κ1) is 16.4. The zero-order valence-corrected chi connectivity index (χ0v) is 11.2. The predicted octanol–water partition coefficient (Wildman–Crippen LogP) is -0.559. The van der Waals surface area contributed by atoms with Gasteiger partial charge >= 0.3 is 22.5 Å². The summed E-state index contributed by atoms with van der Waals surface area (Å²) in [5, 5.41) is 2.31. The van der Waals surface area contributed by atoms with Gasteiger partial charge in [-0.3, -0.25) is 0 Å². The van der Waals surface area contributed by atoms with Gasteiger partial charge in [0.05, 0.1) is 0 Å². The van der Waals surface area contributed by atoms with E-state index in [0.29, 0.717) is 0 Å². The molecule has 0 fully saturated rings. The van der Waals surface area contributed by atoms with Crippen LogP contribution in [0, 0.1) is 0 Å². The van der Waals surface area contributed by atoms with Crippen molar-refractivity contribution in [3.05, 3.63) is 0 Å². The average molecular weight is 283 g/mol. The van der Waals surface area contributed by atoms with Crippen LogP contribution in [-0.2, 0) is 19.2 Å². The minimum Gasteiger partial charge on any atom is -0.444 e. The van der Waals surface area contributed by atoms with Gasteiger partial charge in [0.2, 0.25) is 0 Å². The van der Waals surface area contributed by atoms with Crippen LogP contribution in [0.4, 0.5) is 9.59 Å². The van der Waals surface area contributed by atoms with Crippen LogP contribution in [0.1, 0.15) is 20.8 Å². The van der Waals surface area contributed by atoms with E-state index in [0.717, 1.165) is 0 Å². The maximum absolute atomic E-state index is 11.1. The Kier molecular flexibility index (Phi) is 5.85. The third-order valence-corrected chi connectivity index (χ3v) is 2.21. The molecule has 106 valence electrons. The molecule has 10 heteroatoms. The number of alkyl carbamates (subject to hydrolysis) is 1. The number of amides is 2. The van der Waals surface area contributed by atoms with Crippen LogP contribution in [0.5, 0.6) is 0 Å². The number of primary amides is 1. The van der Waals surface area contributed by atoms with Crippen LogP contribution < -0.4 is 15.8 Å². The van der Waals surface area contributed by atoms with E-state index in [1.165, 1.54) is 0 Å². The molecule has 4 N–H and O–H groups in total. The molecule has 2 amide bonds. The number of hydrogen-bond donors (Lipinski definition) is 3. The molecule has 0 saturated carbocycles. The largest absolute Gasteiger partial charge is 0.444 e. The molecule has 0 aromatic heterocycles. The molecule has 0 aliphatic carbocycles. The van der Waals surface area contributed by atoms with Gasteiger partial charge in [0.15, 0.2) is 0 Å². The summed E-state index contributed by atoms with van der Waals surface area (Å²) in [5.74, 6) is 0. The Morgan fingerprint density at radius 3 is 2.22 bits per heavy atom. The van der Waals surface area contributed by atoms with Crippen molar-refractivity contribution in [3.8, 4) is 0 Å². The van der Waals surface area contributed by atoms with Crippen molar-refractivity contribution in [1.29, 1.82) is 0 Å². The summed E-state index contributed by atoms with van der Waals surface area (Å²) < 4.78 is 32.4. The van der Waals surface area contributed by atoms with Gasteiger partial charge in [0.1, 0.15) is 5.60 Å². The van der Waals surface area contributed by atoms with Crippen LogP contribution >= 0.6 is 0 Å². The molecule has 0 heterocycles. The number of ether oxygens (including phenoxy) is 1. The Balaban J connectivity index is 3.87. The van der Waals surface area contributed by atoms with Gasteiger partial charge in [-0.25, -0.2) is 9.59 Å². The second-order valence-electron chi connectivity index (χ2n) is 4.18. The highest BCUT2D eigenvalue weighted by atomic mass is 32.2. The van der Waals surface area contributed by atoms with Crippen molar-refractivity contribution < 1.29 is 26.9 Å². The van der Waals surface area contributed by atoms with E-state index in [1.807, 2.05) is 4.72 Å². The molecular weight excluding hydrogens is 266 g/mol. The van der Waals surface area contributed by atoms with E-state index in [1.54, 1.807) is 20.8 Å². The molecule has 18 heavy (non-hydrogen) atoms. The fraction of sp³-hybridized carbons (Fsp3) is 0.750. The van der Waals surface area contributed by atoms with Crippen molar-refractivity contribution >= 4 is 22.5 Å². The lowest BCUT2D eigenvalue weighted by molar-refractivity contribution is 0.0528.